The summed E-state index contributed by atoms with van der Waals surface area (Å²) in [5.41, 5.74) is 4.52. The van der Waals surface area contributed by atoms with Crippen LogP contribution in [-0.4, -0.2) is 11.6 Å². The van der Waals surface area contributed by atoms with E-state index in [1.165, 1.54) is 0 Å². The summed E-state index contributed by atoms with van der Waals surface area (Å²) in [6.45, 7) is 1.94. The third kappa shape index (κ3) is 4.32. The molecule has 0 radical (unpaired) electrons. The Bertz CT molecular complexity index is 732. The van der Waals surface area contributed by atoms with Crippen molar-refractivity contribution in [2.24, 2.45) is 5.10 Å². The molecule has 2 aromatic rings. The summed E-state index contributed by atoms with van der Waals surface area (Å²) in [5, 5.41) is 5.25. The third-order valence-corrected chi connectivity index (χ3v) is 4.00. The second kappa shape index (κ2) is 7.77. The molecule has 1 amide bonds. The summed E-state index contributed by atoms with van der Waals surface area (Å²) < 4.78 is 0.834. The highest BCUT2D eigenvalue weighted by Crippen LogP contribution is 2.22. The zero-order chi connectivity index (χ0) is 16.1. The first-order chi connectivity index (χ1) is 10.5. The fourth-order valence-electron chi connectivity index (χ4n) is 1.87. The van der Waals surface area contributed by atoms with Crippen molar-refractivity contribution in [2.45, 2.75) is 13.3 Å². The van der Waals surface area contributed by atoms with Crippen molar-refractivity contribution in [3.05, 3.63) is 68.1 Å². The summed E-state index contributed by atoms with van der Waals surface area (Å²) in [6.07, 6.45) is 0.625. The molecule has 0 bridgehead atoms. The first-order valence-corrected chi connectivity index (χ1v) is 8.14. The number of halogens is 3. The quantitative estimate of drug-likeness (QED) is 0.550. The zero-order valence-corrected chi connectivity index (χ0v) is 14.8. The number of benzene rings is 2. The van der Waals surface area contributed by atoms with E-state index in [1.807, 2.05) is 13.0 Å². The van der Waals surface area contributed by atoms with Gasteiger partial charge in [-0.05, 0) is 36.8 Å². The number of amides is 1. The second-order valence-corrected chi connectivity index (χ2v) is 6.25. The molecule has 2 aromatic carbocycles. The molecule has 0 aliphatic rings. The fraction of sp³-hybridized carbons (Fsp3) is 0.125. The lowest BCUT2D eigenvalue weighted by Gasteiger charge is -2.08. The average Bonchev–Trinajstić information content (AvgIpc) is 2.49. The predicted molar refractivity (Wildman–Crippen MR) is 94.9 cm³/mol. The van der Waals surface area contributed by atoms with Crippen LogP contribution in [0.4, 0.5) is 0 Å². The van der Waals surface area contributed by atoms with Crippen molar-refractivity contribution in [1.29, 1.82) is 0 Å². The third-order valence-electron chi connectivity index (χ3n) is 2.96. The largest absolute Gasteiger partial charge is 0.271 e. The molecule has 3 nitrogen and oxygen atoms in total. The molecule has 6 heteroatoms. The topological polar surface area (TPSA) is 41.5 Å². The summed E-state index contributed by atoms with van der Waals surface area (Å²) in [6, 6.07) is 12.3. The molecular formula is C16H13BrCl2N2O. The van der Waals surface area contributed by atoms with Gasteiger partial charge in [0.05, 0.1) is 10.7 Å². The van der Waals surface area contributed by atoms with Crippen LogP contribution in [0.15, 0.2) is 52.0 Å². The Kier molecular flexibility index (Phi) is 6.00. The van der Waals surface area contributed by atoms with E-state index in [0.717, 1.165) is 10.0 Å². The van der Waals surface area contributed by atoms with Crippen LogP contribution in [0.2, 0.25) is 10.0 Å². The Morgan fingerprint density at radius 2 is 2.00 bits per heavy atom. The zero-order valence-electron chi connectivity index (χ0n) is 11.7. The Balaban J connectivity index is 2.21. The molecule has 22 heavy (non-hydrogen) atoms. The summed E-state index contributed by atoms with van der Waals surface area (Å²) in [5.74, 6) is -0.280. The first-order valence-electron chi connectivity index (χ1n) is 6.59. The van der Waals surface area contributed by atoms with Crippen molar-refractivity contribution in [3.8, 4) is 0 Å². The molecule has 2 rings (SSSR count). The molecular weight excluding hydrogens is 387 g/mol. The normalized spacial score (nSPS) is 11.4. The molecule has 1 N–H and O–H groups in total. The van der Waals surface area contributed by atoms with Gasteiger partial charge in [-0.1, -0.05) is 58.2 Å². The Hall–Kier alpha value is -1.36. The van der Waals surface area contributed by atoms with Gasteiger partial charge in [-0.3, -0.25) is 4.79 Å². The Morgan fingerprint density at radius 3 is 2.64 bits per heavy atom. The van der Waals surface area contributed by atoms with Crippen LogP contribution in [0.25, 0.3) is 0 Å². The van der Waals surface area contributed by atoms with Gasteiger partial charge in [-0.2, -0.15) is 5.10 Å². The Labute approximate surface area is 147 Å². The van der Waals surface area contributed by atoms with Crippen LogP contribution < -0.4 is 5.43 Å². The molecule has 114 valence electrons. The van der Waals surface area contributed by atoms with E-state index in [2.05, 4.69) is 26.5 Å². The molecule has 0 saturated heterocycles. The van der Waals surface area contributed by atoms with Gasteiger partial charge in [-0.15, -0.1) is 0 Å². The number of carbonyl (C=O) groups is 1. The number of hydrogen-bond donors (Lipinski definition) is 1. The number of hydrogen-bond acceptors (Lipinski definition) is 2. The number of hydrazone groups is 1. The summed E-state index contributed by atoms with van der Waals surface area (Å²) in [4.78, 5) is 12.1. The molecule has 0 saturated carbocycles. The lowest BCUT2D eigenvalue weighted by Crippen LogP contribution is -2.20. The van der Waals surface area contributed by atoms with Crippen LogP contribution in [0.3, 0.4) is 0 Å². The van der Waals surface area contributed by atoms with E-state index >= 15 is 0 Å². The van der Waals surface area contributed by atoms with E-state index in [9.17, 15) is 4.79 Å². The van der Waals surface area contributed by atoms with E-state index < -0.39 is 0 Å². The van der Waals surface area contributed by atoms with Crippen molar-refractivity contribution in [1.82, 2.24) is 5.43 Å². The van der Waals surface area contributed by atoms with Crippen molar-refractivity contribution in [2.75, 3.05) is 0 Å². The Morgan fingerprint density at radius 1 is 1.23 bits per heavy atom. The number of carbonyl (C=O) groups excluding carboxylic acids is 1. The molecule has 0 fully saturated rings. The maximum absolute atomic E-state index is 12.1. The standard InChI is InChI=1S/C16H13BrCl2N2O/c1-2-15(13-7-6-12(18)9-14(13)19)20-21-16(22)10-4-3-5-11(17)8-10/h3-9H,2H2,1H3,(H,21,22)/b20-15+. The first kappa shape index (κ1) is 17.0. The van der Waals surface area contributed by atoms with Crippen molar-refractivity contribution < 1.29 is 4.79 Å². The lowest BCUT2D eigenvalue weighted by molar-refractivity contribution is 0.0954. The van der Waals surface area contributed by atoms with Gasteiger partial charge in [-0.25, -0.2) is 5.43 Å². The van der Waals surface area contributed by atoms with Crippen LogP contribution in [0, 0.1) is 0 Å². The number of nitrogens with zero attached hydrogens (tertiary/aromatic N) is 1. The molecule has 0 atom stereocenters. The minimum Gasteiger partial charge on any atom is -0.267 e. The second-order valence-electron chi connectivity index (χ2n) is 4.49. The summed E-state index contributed by atoms with van der Waals surface area (Å²) >= 11 is 15.4. The highest BCUT2D eigenvalue weighted by molar-refractivity contribution is 9.10. The number of nitrogens with one attached hydrogen (secondary N) is 1. The molecule has 0 aliphatic heterocycles. The summed E-state index contributed by atoms with van der Waals surface area (Å²) in [7, 11) is 0. The van der Waals surface area contributed by atoms with Gasteiger partial charge in [0.2, 0.25) is 0 Å². The smallest absolute Gasteiger partial charge is 0.267 e. The molecule has 0 spiro atoms. The van der Waals surface area contributed by atoms with Crippen molar-refractivity contribution in [3.63, 3.8) is 0 Å². The van der Waals surface area contributed by atoms with Crippen LogP contribution in [0.1, 0.15) is 29.3 Å². The highest BCUT2D eigenvalue weighted by Gasteiger charge is 2.09. The van der Waals surface area contributed by atoms with Gasteiger partial charge >= 0.3 is 0 Å². The fourth-order valence-corrected chi connectivity index (χ4v) is 2.78. The number of rotatable bonds is 4. The molecule has 0 heterocycles. The van der Waals surface area contributed by atoms with Gasteiger partial charge in [0.1, 0.15) is 0 Å². The van der Waals surface area contributed by atoms with Gasteiger partial charge in [0.15, 0.2) is 0 Å². The van der Waals surface area contributed by atoms with E-state index in [1.54, 1.807) is 36.4 Å². The van der Waals surface area contributed by atoms with Crippen LogP contribution in [-0.2, 0) is 0 Å². The van der Waals surface area contributed by atoms with E-state index in [-0.39, 0.29) is 5.91 Å². The van der Waals surface area contributed by atoms with Gasteiger partial charge in [0, 0.05) is 20.6 Å². The maximum atomic E-state index is 12.1. The van der Waals surface area contributed by atoms with E-state index in [4.69, 9.17) is 23.2 Å². The minimum atomic E-state index is -0.280. The molecule has 0 aliphatic carbocycles. The average molecular weight is 400 g/mol. The molecule has 0 aromatic heterocycles. The maximum Gasteiger partial charge on any atom is 0.271 e. The predicted octanol–water partition coefficient (Wildman–Crippen LogP) is 5.30. The van der Waals surface area contributed by atoms with Gasteiger partial charge < -0.3 is 0 Å². The molecule has 0 unspecified atom stereocenters. The monoisotopic (exact) mass is 398 g/mol. The van der Waals surface area contributed by atoms with Crippen LogP contribution >= 0.6 is 39.1 Å². The van der Waals surface area contributed by atoms with Gasteiger partial charge in [0.25, 0.3) is 5.91 Å². The van der Waals surface area contributed by atoms with Crippen LogP contribution in [0.5, 0.6) is 0 Å². The minimum absolute atomic E-state index is 0.280. The van der Waals surface area contributed by atoms with E-state index in [0.29, 0.717) is 27.7 Å². The lowest BCUT2D eigenvalue weighted by atomic mass is 10.1. The SMILES string of the molecule is CC/C(=N\NC(=O)c1cccc(Br)c1)c1ccc(Cl)cc1Cl. The highest BCUT2D eigenvalue weighted by atomic mass is 79.9. The van der Waals surface area contributed by atoms with Crippen molar-refractivity contribution >= 4 is 50.8 Å².